The van der Waals surface area contributed by atoms with Crippen LogP contribution in [0.2, 0.25) is 0 Å². The Morgan fingerprint density at radius 3 is 2.71 bits per heavy atom. The molecule has 1 aromatic rings. The van der Waals surface area contributed by atoms with Crippen LogP contribution in [0.4, 0.5) is 8.78 Å². The summed E-state index contributed by atoms with van der Waals surface area (Å²) in [6, 6.07) is 2.05. The molecule has 4 N–H and O–H groups in total. The van der Waals surface area contributed by atoms with Crippen molar-refractivity contribution in [2.24, 2.45) is 10.2 Å². The van der Waals surface area contributed by atoms with E-state index >= 15 is 0 Å². The average Bonchev–Trinajstić information content (AvgIpc) is 2.82. The highest BCUT2D eigenvalue weighted by Gasteiger charge is 2.32. The lowest BCUT2D eigenvalue weighted by Gasteiger charge is -2.04. The van der Waals surface area contributed by atoms with Crippen molar-refractivity contribution in [1.82, 2.24) is 5.32 Å². The summed E-state index contributed by atoms with van der Waals surface area (Å²) in [5.41, 5.74) is -0.913. The number of amidine groups is 1. The number of carbonyl (C=O) groups is 2. The molecule has 1 amide bonds. The van der Waals surface area contributed by atoms with Crippen LogP contribution in [-0.4, -0.2) is 50.8 Å². The van der Waals surface area contributed by atoms with Crippen LogP contribution in [0.25, 0.3) is 0 Å². The summed E-state index contributed by atoms with van der Waals surface area (Å²) >= 11 is 0.857. The Hall–Kier alpha value is -2.31. The minimum atomic E-state index is -2.15. The van der Waals surface area contributed by atoms with E-state index in [-0.39, 0.29) is 17.2 Å². The average molecular weight is 357 g/mol. The summed E-state index contributed by atoms with van der Waals surface area (Å²) in [4.78, 5) is 22.0. The number of hydrogen-bond acceptors (Lipinski definition) is 7. The van der Waals surface area contributed by atoms with Crippen molar-refractivity contribution in [3.63, 3.8) is 0 Å². The molecule has 1 aliphatic rings. The number of nitrogens with zero attached hydrogens (tertiary/aromatic N) is 2. The quantitative estimate of drug-likeness (QED) is 0.305. The Morgan fingerprint density at radius 1 is 1.38 bits per heavy atom. The number of carbonyl (C=O) groups excluding carboxylic acids is 1. The zero-order chi connectivity index (χ0) is 17.9. The Balaban J connectivity index is 2.11. The maximum Gasteiger partial charge on any atom is 0.491 e. The number of nitrogens with one attached hydrogen (secondary N) is 1. The molecule has 0 saturated carbocycles. The molecule has 1 aromatic carbocycles. The van der Waals surface area contributed by atoms with E-state index in [1.54, 1.807) is 0 Å². The molecule has 1 heterocycles. The molecular formula is C12H10BF2N3O5S. The van der Waals surface area contributed by atoms with Gasteiger partial charge < -0.3 is 20.5 Å². The predicted octanol–water partition coefficient (Wildman–Crippen LogP) is -0.959. The van der Waals surface area contributed by atoms with E-state index in [1.165, 1.54) is 0 Å². The molecule has 1 aliphatic heterocycles. The molecule has 1 fully saturated rings. The highest BCUT2D eigenvalue weighted by molar-refractivity contribution is 8.15. The molecule has 24 heavy (non-hydrogen) atoms. The SMILES string of the molecule is O=C(O)CC1SC(=NN=Cc2ccc(B(O)O)c(F)c2F)NC1=O. The van der Waals surface area contributed by atoms with Crippen LogP contribution >= 0.6 is 11.8 Å². The molecule has 2 rings (SSSR count). The monoisotopic (exact) mass is 357 g/mol. The maximum atomic E-state index is 13.7. The van der Waals surface area contributed by atoms with Crippen LogP contribution in [0.1, 0.15) is 12.0 Å². The van der Waals surface area contributed by atoms with Gasteiger partial charge in [0, 0.05) is 11.0 Å². The van der Waals surface area contributed by atoms with E-state index in [0.29, 0.717) is 0 Å². The smallest absolute Gasteiger partial charge is 0.481 e. The fraction of sp³-hybridized carbons (Fsp3) is 0.167. The van der Waals surface area contributed by atoms with Crippen molar-refractivity contribution >= 4 is 47.6 Å². The van der Waals surface area contributed by atoms with Gasteiger partial charge in [0.25, 0.3) is 0 Å². The van der Waals surface area contributed by atoms with Crippen molar-refractivity contribution in [1.29, 1.82) is 0 Å². The topological polar surface area (TPSA) is 132 Å². The first kappa shape index (κ1) is 18.0. The fourth-order valence-electron chi connectivity index (χ4n) is 1.77. The summed E-state index contributed by atoms with van der Waals surface area (Å²) in [6.45, 7) is 0. The van der Waals surface area contributed by atoms with Crippen LogP contribution in [0.3, 0.4) is 0 Å². The Bertz CT molecular complexity index is 744. The molecule has 0 radical (unpaired) electrons. The molecule has 8 nitrogen and oxygen atoms in total. The number of halogens is 2. The molecular weight excluding hydrogens is 347 g/mol. The molecule has 1 atom stereocenters. The highest BCUT2D eigenvalue weighted by Crippen LogP contribution is 2.22. The van der Waals surface area contributed by atoms with E-state index in [2.05, 4.69) is 15.5 Å². The third kappa shape index (κ3) is 4.16. The standard InChI is InChI=1S/C12H10BF2N3O5S/c14-9-5(1-2-6(10(9)15)13(22)23)4-16-18-12-17-11(21)7(24-12)3-8(19)20/h1-2,4,7,22-23H,3H2,(H,19,20)(H,17,18,21). The third-order valence-corrected chi connectivity index (χ3v) is 3.97. The Kier molecular flexibility index (Phi) is 5.64. The van der Waals surface area contributed by atoms with Crippen LogP contribution < -0.4 is 10.8 Å². The third-order valence-electron chi connectivity index (χ3n) is 2.90. The van der Waals surface area contributed by atoms with Crippen molar-refractivity contribution in [3.05, 3.63) is 29.3 Å². The van der Waals surface area contributed by atoms with Crippen LogP contribution in [0, 0.1) is 11.6 Å². The zero-order valence-corrected chi connectivity index (χ0v) is 12.6. The summed E-state index contributed by atoms with van der Waals surface area (Å²) in [5.74, 6) is -4.44. The van der Waals surface area contributed by atoms with Gasteiger partial charge in [0.15, 0.2) is 16.8 Å². The number of rotatable bonds is 5. The normalized spacial score (nSPS) is 19.1. The van der Waals surface area contributed by atoms with Crippen molar-refractivity contribution in [3.8, 4) is 0 Å². The van der Waals surface area contributed by atoms with Gasteiger partial charge in [-0.2, -0.15) is 5.10 Å². The second kappa shape index (κ2) is 7.51. The minimum Gasteiger partial charge on any atom is -0.481 e. The van der Waals surface area contributed by atoms with Gasteiger partial charge in [0.2, 0.25) is 5.91 Å². The first-order valence-electron chi connectivity index (χ1n) is 6.44. The van der Waals surface area contributed by atoms with Crippen LogP contribution in [0.5, 0.6) is 0 Å². The number of aliphatic carboxylic acids is 1. The number of amides is 1. The molecule has 0 spiro atoms. The second-order valence-corrected chi connectivity index (χ2v) is 5.78. The van der Waals surface area contributed by atoms with E-state index < -0.39 is 41.3 Å². The van der Waals surface area contributed by atoms with Gasteiger partial charge >= 0.3 is 13.1 Å². The van der Waals surface area contributed by atoms with Gasteiger partial charge in [-0.05, 0) is 0 Å². The summed E-state index contributed by atoms with van der Waals surface area (Å²) in [5, 5.41) is 35.0. The first-order chi connectivity index (χ1) is 11.3. The molecule has 126 valence electrons. The summed E-state index contributed by atoms with van der Waals surface area (Å²) in [7, 11) is -2.15. The van der Waals surface area contributed by atoms with Gasteiger partial charge in [0.05, 0.1) is 12.6 Å². The van der Waals surface area contributed by atoms with E-state index in [9.17, 15) is 18.4 Å². The maximum absolute atomic E-state index is 13.7. The molecule has 1 saturated heterocycles. The number of carboxylic acid groups (broad SMARTS) is 1. The minimum absolute atomic E-state index is 0.0331. The number of thioether (sulfide) groups is 1. The fourth-order valence-corrected chi connectivity index (χ4v) is 2.68. The van der Waals surface area contributed by atoms with E-state index in [4.69, 9.17) is 15.2 Å². The lowest BCUT2D eigenvalue weighted by molar-refractivity contribution is -0.138. The number of benzene rings is 1. The number of carboxylic acids is 1. The van der Waals surface area contributed by atoms with Crippen molar-refractivity contribution < 1.29 is 33.5 Å². The largest absolute Gasteiger partial charge is 0.491 e. The molecule has 0 bridgehead atoms. The lowest BCUT2D eigenvalue weighted by atomic mass is 9.79. The van der Waals surface area contributed by atoms with Gasteiger partial charge in [0.1, 0.15) is 5.25 Å². The van der Waals surface area contributed by atoms with Crippen molar-refractivity contribution in [2.75, 3.05) is 0 Å². The van der Waals surface area contributed by atoms with Gasteiger partial charge in [-0.15, -0.1) is 5.10 Å². The van der Waals surface area contributed by atoms with Gasteiger partial charge in [-0.1, -0.05) is 23.9 Å². The molecule has 1 unspecified atom stereocenters. The molecule has 0 aliphatic carbocycles. The molecule has 0 aromatic heterocycles. The van der Waals surface area contributed by atoms with Crippen LogP contribution in [-0.2, 0) is 9.59 Å². The zero-order valence-electron chi connectivity index (χ0n) is 11.8. The first-order valence-corrected chi connectivity index (χ1v) is 7.32. The van der Waals surface area contributed by atoms with Crippen LogP contribution in [0.15, 0.2) is 22.3 Å². The Labute approximate surface area is 138 Å². The van der Waals surface area contributed by atoms with Gasteiger partial charge in [-0.25, -0.2) is 8.78 Å². The highest BCUT2D eigenvalue weighted by atomic mass is 32.2. The lowest BCUT2D eigenvalue weighted by Crippen LogP contribution is -2.33. The predicted molar refractivity (Wildman–Crippen MR) is 83.0 cm³/mol. The summed E-state index contributed by atoms with van der Waals surface area (Å²) < 4.78 is 27.3. The Morgan fingerprint density at radius 2 is 2.08 bits per heavy atom. The van der Waals surface area contributed by atoms with E-state index in [1.807, 2.05) is 0 Å². The molecule has 12 heteroatoms. The van der Waals surface area contributed by atoms with Crippen molar-refractivity contribution in [2.45, 2.75) is 11.7 Å². The second-order valence-electron chi connectivity index (χ2n) is 4.59. The van der Waals surface area contributed by atoms with E-state index in [0.717, 1.165) is 30.1 Å². The number of hydrogen-bond donors (Lipinski definition) is 4. The van der Waals surface area contributed by atoms with Gasteiger partial charge in [-0.3, -0.25) is 9.59 Å². The summed E-state index contributed by atoms with van der Waals surface area (Å²) in [6.07, 6.45) is 0.486.